The van der Waals surface area contributed by atoms with Gasteiger partial charge >= 0.3 is 0 Å². The molecule has 1 atom stereocenters. The Morgan fingerprint density at radius 3 is 2.16 bits per heavy atom. The van der Waals surface area contributed by atoms with Crippen molar-refractivity contribution in [2.75, 3.05) is 0 Å². The third-order valence-electron chi connectivity index (χ3n) is 2.85. The van der Waals surface area contributed by atoms with E-state index in [1.165, 1.54) is 12.1 Å². The summed E-state index contributed by atoms with van der Waals surface area (Å²) in [6.45, 7) is 0. The molecule has 0 amide bonds. The number of aliphatic hydroxyl groups is 1. The molecule has 0 aliphatic rings. The highest BCUT2D eigenvalue weighted by molar-refractivity contribution is 5.21. The van der Waals surface area contributed by atoms with E-state index in [1.54, 1.807) is 12.1 Å². The third kappa shape index (κ3) is 3.83. The molecule has 0 aromatic heterocycles. The Labute approximate surface area is 109 Å². The Kier molecular flexibility index (Phi) is 4.22. The predicted molar refractivity (Wildman–Crippen MR) is 66.2 cm³/mol. The predicted octanol–water partition coefficient (Wildman–Crippen LogP) is 3.25. The number of halogens is 3. The molecule has 2 rings (SSSR count). The van der Waals surface area contributed by atoms with Crippen molar-refractivity contribution in [3.8, 4) is 0 Å². The van der Waals surface area contributed by atoms with Crippen LogP contribution in [0.2, 0.25) is 0 Å². The van der Waals surface area contributed by atoms with Crippen LogP contribution < -0.4 is 0 Å². The number of hydrogen-bond acceptors (Lipinski definition) is 1. The van der Waals surface area contributed by atoms with Gasteiger partial charge in [-0.3, -0.25) is 0 Å². The van der Waals surface area contributed by atoms with Gasteiger partial charge in [-0.2, -0.15) is 0 Å². The van der Waals surface area contributed by atoms with E-state index in [4.69, 9.17) is 0 Å². The normalized spacial score (nSPS) is 12.4. The minimum atomic E-state index is -0.846. The lowest BCUT2D eigenvalue weighted by Crippen LogP contribution is -2.15. The molecule has 0 heterocycles. The van der Waals surface area contributed by atoms with Crippen LogP contribution in [0.4, 0.5) is 13.2 Å². The molecule has 19 heavy (non-hydrogen) atoms. The average molecular weight is 266 g/mol. The maximum atomic E-state index is 13.4. The Morgan fingerprint density at radius 1 is 0.842 bits per heavy atom. The first-order valence-corrected chi connectivity index (χ1v) is 5.91. The molecule has 0 aliphatic heterocycles. The van der Waals surface area contributed by atoms with Gasteiger partial charge in [0.1, 0.15) is 17.5 Å². The molecule has 0 saturated carbocycles. The van der Waals surface area contributed by atoms with Crippen LogP contribution in [0, 0.1) is 17.5 Å². The molecule has 4 heteroatoms. The SMILES string of the molecule is OC(Cc1ccc(F)cc1)Cc1cc(F)ccc1F. The summed E-state index contributed by atoms with van der Waals surface area (Å²) in [7, 11) is 0. The van der Waals surface area contributed by atoms with Gasteiger partial charge in [0, 0.05) is 6.42 Å². The van der Waals surface area contributed by atoms with Crippen molar-refractivity contribution in [1.82, 2.24) is 0 Å². The van der Waals surface area contributed by atoms with Crippen molar-refractivity contribution >= 4 is 0 Å². The lowest BCUT2D eigenvalue weighted by Gasteiger charge is -2.11. The molecular formula is C15H13F3O. The van der Waals surface area contributed by atoms with E-state index >= 15 is 0 Å². The van der Waals surface area contributed by atoms with E-state index in [2.05, 4.69) is 0 Å². The maximum absolute atomic E-state index is 13.4. The first-order chi connectivity index (χ1) is 9.04. The summed E-state index contributed by atoms with van der Waals surface area (Å²) in [6, 6.07) is 8.85. The number of rotatable bonds is 4. The van der Waals surface area contributed by atoms with Crippen LogP contribution in [0.1, 0.15) is 11.1 Å². The molecule has 100 valence electrons. The standard InChI is InChI=1S/C15H13F3O/c16-12-3-1-10(2-4-12)7-14(19)9-11-8-13(17)5-6-15(11)18/h1-6,8,14,19H,7,9H2. The average Bonchev–Trinajstić information content (AvgIpc) is 2.37. The van der Waals surface area contributed by atoms with Gasteiger partial charge in [0.05, 0.1) is 6.10 Å². The van der Waals surface area contributed by atoms with Gasteiger partial charge in [0.25, 0.3) is 0 Å². The highest BCUT2D eigenvalue weighted by Gasteiger charge is 2.11. The van der Waals surface area contributed by atoms with Crippen LogP contribution in [-0.2, 0) is 12.8 Å². The molecule has 1 unspecified atom stereocenters. The Hall–Kier alpha value is -1.81. The Morgan fingerprint density at radius 2 is 1.47 bits per heavy atom. The van der Waals surface area contributed by atoms with E-state index in [1.807, 2.05) is 0 Å². The molecular weight excluding hydrogens is 253 g/mol. The van der Waals surface area contributed by atoms with Crippen molar-refractivity contribution in [3.63, 3.8) is 0 Å². The molecule has 2 aromatic rings. The fourth-order valence-corrected chi connectivity index (χ4v) is 1.92. The molecule has 0 bridgehead atoms. The molecule has 1 N–H and O–H groups in total. The maximum Gasteiger partial charge on any atom is 0.126 e. The summed E-state index contributed by atoms with van der Waals surface area (Å²) in [5, 5.41) is 9.86. The lowest BCUT2D eigenvalue weighted by atomic mass is 10.0. The second-order valence-corrected chi connectivity index (χ2v) is 4.42. The fraction of sp³-hybridized carbons (Fsp3) is 0.200. The van der Waals surface area contributed by atoms with Crippen LogP contribution in [0.5, 0.6) is 0 Å². The van der Waals surface area contributed by atoms with Gasteiger partial charge in [-0.1, -0.05) is 12.1 Å². The summed E-state index contributed by atoms with van der Waals surface area (Å²) in [6.07, 6.45) is -0.571. The third-order valence-corrected chi connectivity index (χ3v) is 2.85. The van der Waals surface area contributed by atoms with Gasteiger partial charge in [-0.15, -0.1) is 0 Å². The number of aliphatic hydroxyl groups excluding tert-OH is 1. The summed E-state index contributed by atoms with van der Waals surface area (Å²) in [4.78, 5) is 0. The second-order valence-electron chi connectivity index (χ2n) is 4.42. The van der Waals surface area contributed by atoms with E-state index in [0.717, 1.165) is 23.8 Å². The van der Waals surface area contributed by atoms with Crippen molar-refractivity contribution in [2.24, 2.45) is 0 Å². The van der Waals surface area contributed by atoms with E-state index in [0.29, 0.717) is 0 Å². The first-order valence-electron chi connectivity index (χ1n) is 5.91. The Bertz CT molecular complexity index is 552. The van der Waals surface area contributed by atoms with Crippen LogP contribution in [0.15, 0.2) is 42.5 Å². The van der Waals surface area contributed by atoms with E-state index < -0.39 is 17.7 Å². The van der Waals surface area contributed by atoms with Crippen molar-refractivity contribution in [2.45, 2.75) is 18.9 Å². The quantitative estimate of drug-likeness (QED) is 0.900. The van der Waals surface area contributed by atoms with Gasteiger partial charge in [0.15, 0.2) is 0 Å². The van der Waals surface area contributed by atoms with Crippen molar-refractivity contribution in [3.05, 3.63) is 71.0 Å². The van der Waals surface area contributed by atoms with Crippen LogP contribution in [0.3, 0.4) is 0 Å². The van der Waals surface area contributed by atoms with Crippen LogP contribution in [0.25, 0.3) is 0 Å². The molecule has 0 aliphatic carbocycles. The van der Waals surface area contributed by atoms with Crippen LogP contribution >= 0.6 is 0 Å². The zero-order valence-electron chi connectivity index (χ0n) is 10.1. The summed E-state index contributed by atoms with van der Waals surface area (Å²) >= 11 is 0. The first kappa shape index (κ1) is 13.6. The molecule has 1 nitrogen and oxygen atoms in total. The highest BCUT2D eigenvalue weighted by atomic mass is 19.1. The fourth-order valence-electron chi connectivity index (χ4n) is 1.92. The zero-order chi connectivity index (χ0) is 13.8. The molecule has 0 saturated heterocycles. The second kappa shape index (κ2) is 5.89. The van der Waals surface area contributed by atoms with Crippen molar-refractivity contribution in [1.29, 1.82) is 0 Å². The zero-order valence-corrected chi connectivity index (χ0v) is 10.1. The molecule has 0 fully saturated rings. The minimum Gasteiger partial charge on any atom is -0.392 e. The van der Waals surface area contributed by atoms with Gasteiger partial charge < -0.3 is 5.11 Å². The largest absolute Gasteiger partial charge is 0.392 e. The lowest BCUT2D eigenvalue weighted by molar-refractivity contribution is 0.174. The van der Waals surface area contributed by atoms with E-state index in [9.17, 15) is 18.3 Å². The monoisotopic (exact) mass is 266 g/mol. The summed E-state index contributed by atoms with van der Waals surface area (Å²) < 4.78 is 39.1. The Balaban J connectivity index is 2.02. The number of hydrogen-bond donors (Lipinski definition) is 1. The van der Waals surface area contributed by atoms with Gasteiger partial charge in [-0.25, -0.2) is 13.2 Å². The molecule has 0 radical (unpaired) electrons. The summed E-state index contributed by atoms with van der Waals surface area (Å²) in [5.74, 6) is -1.43. The topological polar surface area (TPSA) is 20.2 Å². The minimum absolute atomic E-state index is 0.0149. The van der Waals surface area contributed by atoms with Gasteiger partial charge in [-0.05, 0) is 47.9 Å². The smallest absolute Gasteiger partial charge is 0.126 e. The summed E-state index contributed by atoms with van der Waals surface area (Å²) in [5.41, 5.74) is 0.875. The highest BCUT2D eigenvalue weighted by Crippen LogP contribution is 2.14. The number of benzene rings is 2. The van der Waals surface area contributed by atoms with Crippen molar-refractivity contribution < 1.29 is 18.3 Å². The molecule has 2 aromatic carbocycles. The van der Waals surface area contributed by atoms with E-state index in [-0.39, 0.29) is 24.2 Å². The molecule has 0 spiro atoms. The van der Waals surface area contributed by atoms with Crippen LogP contribution in [-0.4, -0.2) is 11.2 Å². The van der Waals surface area contributed by atoms with Gasteiger partial charge in [0.2, 0.25) is 0 Å².